The van der Waals surface area contributed by atoms with Gasteiger partial charge < -0.3 is 9.47 Å². The van der Waals surface area contributed by atoms with Gasteiger partial charge in [-0.25, -0.2) is 0 Å². The molecule has 0 aromatic rings. The van der Waals surface area contributed by atoms with Gasteiger partial charge in [0.15, 0.2) is 0 Å². The molecule has 3 heteroatoms. The lowest BCUT2D eigenvalue weighted by Gasteiger charge is -2.54. The van der Waals surface area contributed by atoms with Crippen molar-refractivity contribution in [1.82, 2.24) is 5.32 Å². The van der Waals surface area contributed by atoms with Crippen LogP contribution in [0.5, 0.6) is 0 Å². The zero-order valence-electron chi connectivity index (χ0n) is 12.6. The van der Waals surface area contributed by atoms with Crippen molar-refractivity contribution < 1.29 is 9.47 Å². The maximum absolute atomic E-state index is 6.19. The van der Waals surface area contributed by atoms with Gasteiger partial charge >= 0.3 is 0 Å². The lowest BCUT2D eigenvalue weighted by atomic mass is 9.61. The van der Waals surface area contributed by atoms with E-state index in [1.165, 1.54) is 6.42 Å². The van der Waals surface area contributed by atoms with Crippen LogP contribution in [0.3, 0.4) is 0 Å². The highest BCUT2D eigenvalue weighted by atomic mass is 16.5. The molecule has 0 bridgehead atoms. The average molecular weight is 255 g/mol. The third-order valence-electron chi connectivity index (χ3n) is 4.17. The molecule has 1 aliphatic heterocycles. The van der Waals surface area contributed by atoms with E-state index < -0.39 is 0 Å². The van der Waals surface area contributed by atoms with Gasteiger partial charge in [-0.3, -0.25) is 5.32 Å². The van der Waals surface area contributed by atoms with E-state index in [0.717, 1.165) is 32.5 Å². The van der Waals surface area contributed by atoms with Crippen molar-refractivity contribution in [2.24, 2.45) is 10.8 Å². The molecule has 1 unspecified atom stereocenters. The minimum Gasteiger partial charge on any atom is -0.383 e. The maximum Gasteiger partial charge on any atom is 0.120 e. The van der Waals surface area contributed by atoms with Gasteiger partial charge in [-0.1, -0.05) is 27.7 Å². The Balaban J connectivity index is 2.13. The molecule has 18 heavy (non-hydrogen) atoms. The number of ether oxygens (including phenoxy) is 2. The smallest absolute Gasteiger partial charge is 0.120 e. The lowest BCUT2D eigenvalue weighted by Crippen LogP contribution is -2.63. The van der Waals surface area contributed by atoms with Gasteiger partial charge in [-0.05, 0) is 36.5 Å². The van der Waals surface area contributed by atoms with Crippen molar-refractivity contribution in [3.8, 4) is 0 Å². The Kier molecular flexibility index (Phi) is 3.79. The largest absolute Gasteiger partial charge is 0.383 e. The van der Waals surface area contributed by atoms with Crippen LogP contribution in [-0.2, 0) is 9.47 Å². The molecule has 1 saturated carbocycles. The molecule has 0 aromatic heterocycles. The zero-order chi connectivity index (χ0) is 13.4. The van der Waals surface area contributed by atoms with Crippen LogP contribution in [0.1, 0.15) is 53.4 Å². The third kappa shape index (κ3) is 3.25. The number of methoxy groups -OCH3 is 1. The molecule has 0 radical (unpaired) electrons. The summed E-state index contributed by atoms with van der Waals surface area (Å²) in [5.41, 5.74) is 0.542. The molecule has 1 aliphatic carbocycles. The summed E-state index contributed by atoms with van der Waals surface area (Å²) in [5.74, 6) is 0. The molecule has 1 spiro atoms. The lowest BCUT2D eigenvalue weighted by molar-refractivity contribution is -0.180. The van der Waals surface area contributed by atoms with E-state index in [1.54, 1.807) is 7.11 Å². The van der Waals surface area contributed by atoms with E-state index in [-0.39, 0.29) is 5.72 Å². The number of hydrogen-bond acceptors (Lipinski definition) is 3. The SMILES string of the molecule is COCC1CCOC2(CC(C)(C)CC(C)(C)C2)N1. The molecular weight excluding hydrogens is 226 g/mol. The Hall–Kier alpha value is -0.120. The fourth-order valence-corrected chi connectivity index (χ4v) is 4.44. The van der Waals surface area contributed by atoms with E-state index in [9.17, 15) is 0 Å². The van der Waals surface area contributed by atoms with Gasteiger partial charge in [0.05, 0.1) is 13.2 Å². The first kappa shape index (κ1) is 14.3. The van der Waals surface area contributed by atoms with E-state index in [4.69, 9.17) is 9.47 Å². The molecule has 0 aromatic carbocycles. The van der Waals surface area contributed by atoms with Gasteiger partial charge in [-0.15, -0.1) is 0 Å². The molecule has 2 rings (SSSR count). The maximum atomic E-state index is 6.19. The topological polar surface area (TPSA) is 30.5 Å². The molecule has 1 atom stereocenters. The highest BCUT2D eigenvalue weighted by molar-refractivity contribution is 5.00. The van der Waals surface area contributed by atoms with Gasteiger partial charge in [0.1, 0.15) is 5.72 Å². The molecule has 3 nitrogen and oxygen atoms in total. The molecule has 1 N–H and O–H groups in total. The molecule has 1 heterocycles. The second-order valence-electron chi connectivity index (χ2n) is 7.79. The van der Waals surface area contributed by atoms with E-state index in [2.05, 4.69) is 33.0 Å². The van der Waals surface area contributed by atoms with Crippen molar-refractivity contribution in [1.29, 1.82) is 0 Å². The minimum absolute atomic E-state index is 0.132. The zero-order valence-corrected chi connectivity index (χ0v) is 12.6. The summed E-state index contributed by atoms with van der Waals surface area (Å²) >= 11 is 0. The molecule has 0 amide bonds. The highest BCUT2D eigenvalue weighted by Gasteiger charge is 2.50. The van der Waals surface area contributed by atoms with Crippen molar-refractivity contribution in [2.75, 3.05) is 20.3 Å². The van der Waals surface area contributed by atoms with Crippen LogP contribution in [-0.4, -0.2) is 32.1 Å². The van der Waals surface area contributed by atoms with E-state index in [0.29, 0.717) is 16.9 Å². The summed E-state index contributed by atoms with van der Waals surface area (Å²) in [6.45, 7) is 11.1. The normalized spacial score (nSPS) is 33.5. The molecule has 2 fully saturated rings. The van der Waals surface area contributed by atoms with E-state index in [1.807, 2.05) is 0 Å². The standard InChI is InChI=1S/C15H29NO2/c1-13(2)9-14(3,4)11-15(10-13)16-12(8-17-5)6-7-18-15/h12,16H,6-11H2,1-5H3. The Morgan fingerprint density at radius 2 is 1.72 bits per heavy atom. The second-order valence-corrected chi connectivity index (χ2v) is 7.79. The monoisotopic (exact) mass is 255 g/mol. The van der Waals surface area contributed by atoms with Crippen molar-refractivity contribution in [3.63, 3.8) is 0 Å². The molecule has 2 aliphatic rings. The first-order chi connectivity index (χ1) is 8.26. The van der Waals surface area contributed by atoms with Gasteiger partial charge in [0.25, 0.3) is 0 Å². The van der Waals surface area contributed by atoms with Gasteiger partial charge in [0.2, 0.25) is 0 Å². The van der Waals surface area contributed by atoms with Crippen LogP contribution in [0, 0.1) is 10.8 Å². The number of hydrogen-bond donors (Lipinski definition) is 1. The minimum atomic E-state index is -0.132. The van der Waals surface area contributed by atoms with Crippen LogP contribution in [0.15, 0.2) is 0 Å². The summed E-state index contributed by atoms with van der Waals surface area (Å²) in [4.78, 5) is 0. The first-order valence-electron chi connectivity index (χ1n) is 7.17. The summed E-state index contributed by atoms with van der Waals surface area (Å²) in [6.07, 6.45) is 4.52. The quantitative estimate of drug-likeness (QED) is 0.823. The van der Waals surface area contributed by atoms with Gasteiger partial charge in [-0.2, -0.15) is 0 Å². The Morgan fingerprint density at radius 1 is 1.11 bits per heavy atom. The molecule has 106 valence electrons. The summed E-state index contributed by atoms with van der Waals surface area (Å²) < 4.78 is 11.5. The van der Waals surface area contributed by atoms with Crippen LogP contribution in [0.4, 0.5) is 0 Å². The molecule has 1 saturated heterocycles. The van der Waals surface area contributed by atoms with Crippen LogP contribution in [0.25, 0.3) is 0 Å². The Labute approximate surface area is 112 Å². The van der Waals surface area contributed by atoms with Crippen LogP contribution >= 0.6 is 0 Å². The van der Waals surface area contributed by atoms with Gasteiger partial charge in [0, 0.05) is 13.2 Å². The fraction of sp³-hybridized carbons (Fsp3) is 1.00. The Bertz CT molecular complexity index is 281. The van der Waals surface area contributed by atoms with Crippen molar-refractivity contribution in [2.45, 2.75) is 65.1 Å². The summed E-state index contributed by atoms with van der Waals surface area (Å²) in [6, 6.07) is 0.438. The van der Waals surface area contributed by atoms with Crippen LogP contribution < -0.4 is 5.32 Å². The predicted octanol–water partition coefficient (Wildman–Crippen LogP) is 2.94. The van der Waals surface area contributed by atoms with E-state index >= 15 is 0 Å². The fourth-order valence-electron chi connectivity index (χ4n) is 4.44. The van der Waals surface area contributed by atoms with Crippen molar-refractivity contribution in [3.05, 3.63) is 0 Å². The van der Waals surface area contributed by atoms with Crippen LogP contribution in [0.2, 0.25) is 0 Å². The van der Waals surface area contributed by atoms with Crippen molar-refractivity contribution >= 4 is 0 Å². The summed E-state index contributed by atoms with van der Waals surface area (Å²) in [5, 5.41) is 3.73. The number of nitrogens with one attached hydrogen (secondary N) is 1. The predicted molar refractivity (Wildman–Crippen MR) is 73.5 cm³/mol. The number of rotatable bonds is 2. The Morgan fingerprint density at radius 3 is 2.28 bits per heavy atom. The second kappa shape index (κ2) is 4.77. The average Bonchev–Trinajstić information content (AvgIpc) is 2.11. The summed E-state index contributed by atoms with van der Waals surface area (Å²) in [7, 11) is 1.78. The first-order valence-corrected chi connectivity index (χ1v) is 7.17. The third-order valence-corrected chi connectivity index (χ3v) is 4.17. The molecular formula is C15H29NO2. The highest BCUT2D eigenvalue weighted by Crippen LogP contribution is 2.51.